The maximum atomic E-state index is 12.6. The molecule has 0 spiro atoms. The molecule has 0 bridgehead atoms. The molecule has 2 aliphatic rings. The van der Waals surface area contributed by atoms with Crippen LogP contribution in [-0.4, -0.2) is 80.6 Å². The molecule has 28 heavy (non-hydrogen) atoms. The Kier molecular flexibility index (Phi) is 6.72. The molecule has 0 radical (unpaired) electrons. The number of aryl methyl sites for hydroxylation is 1. The molecule has 0 saturated carbocycles. The van der Waals surface area contributed by atoms with Crippen molar-refractivity contribution in [2.24, 2.45) is 0 Å². The van der Waals surface area contributed by atoms with Crippen LogP contribution in [0.25, 0.3) is 0 Å². The van der Waals surface area contributed by atoms with Crippen LogP contribution < -0.4 is 5.32 Å². The lowest BCUT2D eigenvalue weighted by Gasteiger charge is -2.38. The van der Waals surface area contributed by atoms with Crippen LogP contribution in [0.5, 0.6) is 0 Å². The second kappa shape index (κ2) is 9.05. The standard InChI is InChI=1S/C20H33N5O3/c1-16-21-8-13-25(16)14-19(27)24-9-3-6-20(28,7-12-24)15-23-10-4-18(5-11-23)22-17(2)26/h8,13,18,28H,3-7,9-12,14-15H2,1-2H3,(H,22,26)/t20-/m1/s1. The average Bonchev–Trinajstić information content (AvgIpc) is 2.93. The van der Waals surface area contributed by atoms with Gasteiger partial charge in [0.25, 0.3) is 0 Å². The summed E-state index contributed by atoms with van der Waals surface area (Å²) in [4.78, 5) is 32.2. The highest BCUT2D eigenvalue weighted by atomic mass is 16.3. The number of hydrogen-bond donors (Lipinski definition) is 2. The van der Waals surface area contributed by atoms with Gasteiger partial charge in [-0.05, 0) is 39.0 Å². The number of carbonyl (C=O) groups is 2. The zero-order chi connectivity index (χ0) is 20.1. The summed E-state index contributed by atoms with van der Waals surface area (Å²) in [7, 11) is 0. The van der Waals surface area contributed by atoms with E-state index in [1.807, 2.05) is 22.6 Å². The Labute approximate surface area is 166 Å². The van der Waals surface area contributed by atoms with E-state index in [1.165, 1.54) is 0 Å². The van der Waals surface area contributed by atoms with Crippen LogP contribution in [0.4, 0.5) is 0 Å². The van der Waals surface area contributed by atoms with E-state index in [-0.39, 0.29) is 17.9 Å². The fourth-order valence-corrected chi connectivity index (χ4v) is 4.34. The number of nitrogens with one attached hydrogen (secondary N) is 1. The van der Waals surface area contributed by atoms with Gasteiger partial charge in [0.05, 0.1) is 5.60 Å². The number of carbonyl (C=O) groups excluding carboxylic acids is 2. The highest BCUT2D eigenvalue weighted by molar-refractivity contribution is 5.76. The normalized spacial score (nSPS) is 24.8. The monoisotopic (exact) mass is 391 g/mol. The molecule has 3 heterocycles. The summed E-state index contributed by atoms with van der Waals surface area (Å²) in [6, 6.07) is 0.247. The van der Waals surface area contributed by atoms with E-state index in [0.29, 0.717) is 39.0 Å². The molecule has 1 aromatic heterocycles. The molecule has 0 aromatic carbocycles. The second-order valence-electron chi connectivity index (χ2n) is 8.31. The van der Waals surface area contributed by atoms with Gasteiger partial charge in [-0.2, -0.15) is 0 Å². The molecule has 2 amide bonds. The van der Waals surface area contributed by atoms with Gasteiger partial charge in [-0.3, -0.25) is 9.59 Å². The number of piperidine rings is 1. The lowest BCUT2D eigenvalue weighted by molar-refractivity contribution is -0.132. The van der Waals surface area contributed by atoms with Gasteiger partial charge in [0.2, 0.25) is 11.8 Å². The van der Waals surface area contributed by atoms with Crippen LogP contribution in [0.2, 0.25) is 0 Å². The summed E-state index contributed by atoms with van der Waals surface area (Å²) in [6.07, 6.45) is 7.51. The Morgan fingerprint density at radius 1 is 1.25 bits per heavy atom. The highest BCUT2D eigenvalue weighted by Crippen LogP contribution is 2.25. The molecule has 2 saturated heterocycles. The third-order valence-electron chi connectivity index (χ3n) is 6.01. The third kappa shape index (κ3) is 5.54. The number of likely N-dealkylation sites (tertiary alicyclic amines) is 2. The molecule has 2 aliphatic heterocycles. The minimum Gasteiger partial charge on any atom is -0.388 e. The van der Waals surface area contributed by atoms with E-state index in [0.717, 1.165) is 38.2 Å². The lowest BCUT2D eigenvalue weighted by atomic mass is 9.93. The molecule has 0 unspecified atom stereocenters. The Morgan fingerprint density at radius 2 is 2.00 bits per heavy atom. The zero-order valence-electron chi connectivity index (χ0n) is 17.1. The van der Waals surface area contributed by atoms with E-state index in [9.17, 15) is 14.7 Å². The number of rotatable bonds is 5. The van der Waals surface area contributed by atoms with Gasteiger partial charge >= 0.3 is 0 Å². The maximum absolute atomic E-state index is 12.6. The summed E-state index contributed by atoms with van der Waals surface area (Å²) < 4.78 is 1.86. The first-order chi connectivity index (χ1) is 13.3. The van der Waals surface area contributed by atoms with Gasteiger partial charge in [0.15, 0.2) is 0 Å². The number of hydrogen-bond acceptors (Lipinski definition) is 5. The molecular formula is C20H33N5O3. The van der Waals surface area contributed by atoms with Crippen molar-refractivity contribution in [1.29, 1.82) is 0 Å². The first kappa shape index (κ1) is 20.8. The predicted octanol–water partition coefficient (Wildman–Crippen LogP) is 0.536. The Morgan fingerprint density at radius 3 is 2.64 bits per heavy atom. The Hall–Kier alpha value is -1.93. The SMILES string of the molecule is CC(=O)NC1CCN(C[C@@]2(O)CCCN(C(=O)Cn3ccnc3C)CC2)CC1. The smallest absolute Gasteiger partial charge is 0.242 e. The van der Waals surface area contributed by atoms with Crippen LogP contribution >= 0.6 is 0 Å². The van der Waals surface area contributed by atoms with Crippen molar-refractivity contribution < 1.29 is 14.7 Å². The van der Waals surface area contributed by atoms with Crippen molar-refractivity contribution >= 4 is 11.8 Å². The first-order valence-electron chi connectivity index (χ1n) is 10.3. The van der Waals surface area contributed by atoms with Crippen molar-refractivity contribution in [3.63, 3.8) is 0 Å². The topological polar surface area (TPSA) is 90.7 Å². The van der Waals surface area contributed by atoms with Crippen LogP contribution in [0.15, 0.2) is 12.4 Å². The summed E-state index contributed by atoms with van der Waals surface area (Å²) in [5.74, 6) is 0.945. The fourth-order valence-electron chi connectivity index (χ4n) is 4.34. The van der Waals surface area contributed by atoms with Crippen LogP contribution in [-0.2, 0) is 16.1 Å². The highest BCUT2D eigenvalue weighted by Gasteiger charge is 2.34. The number of aliphatic hydroxyl groups is 1. The Bertz CT molecular complexity index is 683. The van der Waals surface area contributed by atoms with E-state index in [2.05, 4.69) is 15.2 Å². The minimum absolute atomic E-state index is 0.0245. The van der Waals surface area contributed by atoms with Crippen molar-refractivity contribution in [2.45, 2.75) is 64.1 Å². The average molecular weight is 392 g/mol. The minimum atomic E-state index is -0.749. The first-order valence-corrected chi connectivity index (χ1v) is 10.3. The molecule has 2 fully saturated rings. The summed E-state index contributed by atoms with van der Waals surface area (Å²) in [5, 5.41) is 14.1. The van der Waals surface area contributed by atoms with Crippen LogP contribution in [0.3, 0.4) is 0 Å². The predicted molar refractivity (Wildman–Crippen MR) is 106 cm³/mol. The fraction of sp³-hybridized carbons (Fsp3) is 0.750. The molecular weight excluding hydrogens is 358 g/mol. The van der Waals surface area contributed by atoms with Gasteiger partial charge in [-0.1, -0.05) is 0 Å². The number of amides is 2. The van der Waals surface area contributed by atoms with Gasteiger partial charge in [0, 0.05) is 58.1 Å². The number of aromatic nitrogens is 2. The number of imidazole rings is 1. The maximum Gasteiger partial charge on any atom is 0.242 e. The van der Waals surface area contributed by atoms with Crippen molar-refractivity contribution in [2.75, 3.05) is 32.7 Å². The van der Waals surface area contributed by atoms with Gasteiger partial charge in [0.1, 0.15) is 12.4 Å². The second-order valence-corrected chi connectivity index (χ2v) is 8.31. The molecule has 2 N–H and O–H groups in total. The number of nitrogens with zero attached hydrogens (tertiary/aromatic N) is 4. The summed E-state index contributed by atoms with van der Waals surface area (Å²) in [6.45, 7) is 7.45. The summed E-state index contributed by atoms with van der Waals surface area (Å²) >= 11 is 0. The van der Waals surface area contributed by atoms with Crippen LogP contribution in [0, 0.1) is 6.92 Å². The van der Waals surface area contributed by atoms with Crippen molar-refractivity contribution in [3.8, 4) is 0 Å². The van der Waals surface area contributed by atoms with Crippen molar-refractivity contribution in [1.82, 2.24) is 24.7 Å². The van der Waals surface area contributed by atoms with E-state index in [4.69, 9.17) is 0 Å². The Balaban J connectivity index is 1.48. The van der Waals surface area contributed by atoms with Crippen LogP contribution in [0.1, 0.15) is 44.9 Å². The molecule has 1 aromatic rings. The largest absolute Gasteiger partial charge is 0.388 e. The van der Waals surface area contributed by atoms with Crippen molar-refractivity contribution in [3.05, 3.63) is 18.2 Å². The van der Waals surface area contributed by atoms with Gasteiger partial charge in [-0.15, -0.1) is 0 Å². The van der Waals surface area contributed by atoms with Gasteiger partial charge < -0.3 is 24.8 Å². The molecule has 1 atom stereocenters. The molecule has 3 rings (SSSR count). The van der Waals surface area contributed by atoms with Gasteiger partial charge in [-0.25, -0.2) is 4.98 Å². The third-order valence-corrected chi connectivity index (χ3v) is 6.01. The zero-order valence-corrected chi connectivity index (χ0v) is 17.1. The molecule has 8 nitrogen and oxygen atoms in total. The van der Waals surface area contributed by atoms with E-state index in [1.54, 1.807) is 13.1 Å². The van der Waals surface area contributed by atoms with E-state index < -0.39 is 5.60 Å². The molecule has 0 aliphatic carbocycles. The molecule has 8 heteroatoms. The number of β-amino-alcohol motifs (C(OH)–C–C–N with tert-alkyl or cyclic N) is 1. The molecule has 156 valence electrons. The van der Waals surface area contributed by atoms with E-state index >= 15 is 0 Å². The quantitative estimate of drug-likeness (QED) is 0.764. The summed E-state index contributed by atoms with van der Waals surface area (Å²) in [5.41, 5.74) is -0.749. The lowest BCUT2D eigenvalue weighted by Crippen LogP contribution is -2.50.